The van der Waals surface area contributed by atoms with Gasteiger partial charge in [-0.1, -0.05) is 0 Å². The summed E-state index contributed by atoms with van der Waals surface area (Å²) in [5.74, 6) is 1.00. The van der Waals surface area contributed by atoms with E-state index in [1.165, 1.54) is 12.1 Å². The molecule has 1 atom stereocenters. The van der Waals surface area contributed by atoms with Crippen LogP contribution in [0.15, 0.2) is 29.3 Å². The molecule has 1 unspecified atom stereocenters. The van der Waals surface area contributed by atoms with Crippen molar-refractivity contribution in [1.82, 2.24) is 10.2 Å². The molecule has 1 fully saturated rings. The third-order valence-corrected chi connectivity index (χ3v) is 4.55. The third kappa shape index (κ3) is 8.84. The summed E-state index contributed by atoms with van der Waals surface area (Å²) >= 11 is 0. The summed E-state index contributed by atoms with van der Waals surface area (Å²) in [6.45, 7) is 7.13. The number of guanidine groups is 1. The average Bonchev–Trinajstić information content (AvgIpc) is 2.70. The van der Waals surface area contributed by atoms with E-state index in [0.717, 1.165) is 44.0 Å². The molecule has 1 aromatic carbocycles. The highest BCUT2D eigenvalue weighted by Gasteiger charge is 2.30. The number of halogens is 4. The van der Waals surface area contributed by atoms with Gasteiger partial charge in [0.1, 0.15) is 18.5 Å². The number of nitrogens with one attached hydrogen (secondary N) is 1. The quantitative estimate of drug-likeness (QED) is 0.298. The number of hydrogen-bond acceptors (Lipinski definition) is 4. The predicted molar refractivity (Wildman–Crippen MR) is 121 cm³/mol. The molecular weight excluding hydrogens is 514 g/mol. The molecule has 0 aliphatic carbocycles. The van der Waals surface area contributed by atoms with Gasteiger partial charge in [-0.05, 0) is 51.0 Å². The first kappa shape index (κ1) is 26.8. The lowest BCUT2D eigenvalue weighted by atomic mass is 10.1. The maximum Gasteiger partial charge on any atom is 0.416 e. The lowest BCUT2D eigenvalue weighted by Crippen LogP contribution is -2.47. The largest absolute Gasteiger partial charge is 0.491 e. The lowest BCUT2D eigenvalue weighted by molar-refractivity contribution is -0.137. The van der Waals surface area contributed by atoms with E-state index in [1.54, 1.807) is 0 Å². The second-order valence-corrected chi connectivity index (χ2v) is 6.82. The van der Waals surface area contributed by atoms with Crippen LogP contribution in [0.5, 0.6) is 5.75 Å². The van der Waals surface area contributed by atoms with Gasteiger partial charge in [0.2, 0.25) is 0 Å². The van der Waals surface area contributed by atoms with Crippen LogP contribution >= 0.6 is 24.0 Å². The summed E-state index contributed by atoms with van der Waals surface area (Å²) in [5, 5.41) is 13.4. The summed E-state index contributed by atoms with van der Waals surface area (Å²) in [6.07, 6.45) is -3.11. The van der Waals surface area contributed by atoms with E-state index in [2.05, 4.69) is 15.2 Å². The Morgan fingerprint density at radius 3 is 2.40 bits per heavy atom. The number of likely N-dealkylation sites (tertiary alicyclic amines) is 1. The Bertz CT molecular complexity index is 636. The van der Waals surface area contributed by atoms with Crippen molar-refractivity contribution in [2.75, 3.05) is 39.4 Å². The fourth-order valence-corrected chi connectivity index (χ4v) is 3.07. The molecule has 0 aromatic heterocycles. The van der Waals surface area contributed by atoms with Crippen molar-refractivity contribution < 1.29 is 27.8 Å². The van der Waals surface area contributed by atoms with Gasteiger partial charge in [-0.25, -0.2) is 0 Å². The Labute approximate surface area is 192 Å². The summed E-state index contributed by atoms with van der Waals surface area (Å²) in [5.41, 5.74) is -0.738. The van der Waals surface area contributed by atoms with Crippen LogP contribution in [0.2, 0.25) is 0 Å². The van der Waals surface area contributed by atoms with Crippen molar-refractivity contribution >= 4 is 29.9 Å². The van der Waals surface area contributed by atoms with Gasteiger partial charge in [-0.3, -0.25) is 4.99 Å². The fraction of sp³-hybridized carbons (Fsp3) is 0.650. The summed E-state index contributed by atoms with van der Waals surface area (Å²) < 4.78 is 48.8. The van der Waals surface area contributed by atoms with Crippen LogP contribution in [-0.4, -0.2) is 67.6 Å². The molecule has 1 saturated heterocycles. The van der Waals surface area contributed by atoms with Crippen LogP contribution in [0.1, 0.15) is 32.3 Å². The number of rotatable bonds is 8. The highest BCUT2D eigenvalue weighted by atomic mass is 127. The van der Waals surface area contributed by atoms with Gasteiger partial charge in [0.05, 0.1) is 18.2 Å². The Kier molecular flexibility index (Phi) is 11.8. The third-order valence-electron chi connectivity index (χ3n) is 4.55. The Morgan fingerprint density at radius 2 is 1.87 bits per heavy atom. The first-order chi connectivity index (χ1) is 13.8. The fourth-order valence-electron chi connectivity index (χ4n) is 3.07. The first-order valence-corrected chi connectivity index (χ1v) is 9.96. The van der Waals surface area contributed by atoms with Crippen molar-refractivity contribution in [2.24, 2.45) is 4.99 Å². The van der Waals surface area contributed by atoms with Crippen molar-refractivity contribution in [2.45, 2.75) is 45.1 Å². The topological polar surface area (TPSA) is 66.3 Å². The van der Waals surface area contributed by atoms with E-state index < -0.39 is 17.8 Å². The van der Waals surface area contributed by atoms with Gasteiger partial charge in [-0.15, -0.1) is 24.0 Å². The number of benzene rings is 1. The molecule has 172 valence electrons. The molecular formula is C20H31F3IN3O3. The normalized spacial score (nSPS) is 16.7. The minimum atomic E-state index is -4.38. The maximum atomic E-state index is 12.6. The van der Waals surface area contributed by atoms with Crippen molar-refractivity contribution in [1.29, 1.82) is 0 Å². The zero-order valence-electron chi connectivity index (χ0n) is 17.3. The summed E-state index contributed by atoms with van der Waals surface area (Å²) in [6, 6.07) is 4.39. The van der Waals surface area contributed by atoms with E-state index in [1.807, 2.05) is 13.8 Å². The molecule has 1 aliphatic heterocycles. The van der Waals surface area contributed by atoms with Gasteiger partial charge < -0.3 is 24.8 Å². The molecule has 0 amide bonds. The number of aliphatic hydroxyl groups excluding tert-OH is 1. The molecule has 0 spiro atoms. The van der Waals surface area contributed by atoms with Crippen LogP contribution in [0, 0.1) is 0 Å². The minimum Gasteiger partial charge on any atom is -0.491 e. The monoisotopic (exact) mass is 545 g/mol. The van der Waals surface area contributed by atoms with E-state index in [-0.39, 0.29) is 49.0 Å². The smallest absolute Gasteiger partial charge is 0.416 e. The molecule has 1 heterocycles. The molecule has 2 N–H and O–H groups in total. The second-order valence-electron chi connectivity index (χ2n) is 6.82. The standard InChI is InChI=1S/C20H30F3N3O3.HI/c1-3-24-19(26-11-9-18(10-12-26)28-4-2)25-13-16(27)14-29-17-7-5-15(6-8-17)20(21,22)23;/h5-8,16,18,27H,3-4,9-14H2,1-2H3,(H,24,25);1H. The Morgan fingerprint density at radius 1 is 1.23 bits per heavy atom. The van der Waals surface area contributed by atoms with Crippen molar-refractivity contribution in [3.05, 3.63) is 29.8 Å². The molecule has 1 aromatic rings. The van der Waals surface area contributed by atoms with Gasteiger partial charge >= 0.3 is 6.18 Å². The molecule has 6 nitrogen and oxygen atoms in total. The SMILES string of the molecule is CCNC(=NCC(O)COc1ccc(C(F)(F)F)cc1)N1CCC(OCC)CC1.I. The Balaban J connectivity index is 0.00000450. The molecule has 0 bridgehead atoms. The van der Waals surface area contributed by atoms with E-state index in [9.17, 15) is 18.3 Å². The van der Waals surface area contributed by atoms with E-state index in [0.29, 0.717) is 13.2 Å². The van der Waals surface area contributed by atoms with Crippen LogP contribution in [0.4, 0.5) is 13.2 Å². The number of aliphatic hydroxyl groups is 1. The van der Waals surface area contributed by atoms with Crippen LogP contribution in [0.25, 0.3) is 0 Å². The summed E-state index contributed by atoms with van der Waals surface area (Å²) in [4.78, 5) is 6.62. The minimum absolute atomic E-state index is 0. The van der Waals surface area contributed by atoms with Gasteiger partial charge in [0, 0.05) is 26.2 Å². The molecule has 30 heavy (non-hydrogen) atoms. The van der Waals surface area contributed by atoms with Crippen LogP contribution < -0.4 is 10.1 Å². The van der Waals surface area contributed by atoms with Gasteiger partial charge in [-0.2, -0.15) is 13.2 Å². The molecule has 2 rings (SSSR count). The Hall–Kier alpha value is -1.27. The maximum absolute atomic E-state index is 12.6. The van der Waals surface area contributed by atoms with Crippen LogP contribution in [-0.2, 0) is 10.9 Å². The molecule has 0 radical (unpaired) electrons. The van der Waals surface area contributed by atoms with Crippen molar-refractivity contribution in [3.63, 3.8) is 0 Å². The number of aliphatic imine (C=N–C) groups is 1. The zero-order chi connectivity index (χ0) is 21.3. The summed E-state index contributed by atoms with van der Waals surface area (Å²) in [7, 11) is 0. The molecule has 1 aliphatic rings. The van der Waals surface area contributed by atoms with Crippen molar-refractivity contribution in [3.8, 4) is 5.75 Å². The van der Waals surface area contributed by atoms with E-state index in [4.69, 9.17) is 9.47 Å². The lowest BCUT2D eigenvalue weighted by Gasteiger charge is -2.34. The van der Waals surface area contributed by atoms with Gasteiger partial charge in [0.25, 0.3) is 0 Å². The van der Waals surface area contributed by atoms with Gasteiger partial charge in [0.15, 0.2) is 5.96 Å². The van der Waals surface area contributed by atoms with Crippen LogP contribution in [0.3, 0.4) is 0 Å². The number of hydrogen-bond donors (Lipinski definition) is 2. The first-order valence-electron chi connectivity index (χ1n) is 9.96. The highest BCUT2D eigenvalue weighted by Crippen LogP contribution is 2.30. The number of piperidine rings is 1. The number of nitrogens with zero attached hydrogens (tertiary/aromatic N) is 2. The predicted octanol–water partition coefficient (Wildman–Crippen LogP) is 3.53. The molecule has 10 heteroatoms. The zero-order valence-corrected chi connectivity index (χ0v) is 19.7. The highest BCUT2D eigenvalue weighted by molar-refractivity contribution is 14.0. The molecule has 0 saturated carbocycles. The average molecular weight is 545 g/mol. The number of alkyl halides is 3. The second kappa shape index (κ2) is 13.2. The van der Waals surface area contributed by atoms with E-state index >= 15 is 0 Å². The number of ether oxygens (including phenoxy) is 2.